The molecule has 1 aromatic carbocycles. The predicted octanol–water partition coefficient (Wildman–Crippen LogP) is 3.12. The molecule has 0 saturated carbocycles. The molecule has 0 radical (unpaired) electrons. The molecule has 1 saturated heterocycles. The minimum atomic E-state index is 0. The van der Waals surface area contributed by atoms with E-state index in [1.807, 2.05) is 25.2 Å². The van der Waals surface area contributed by atoms with Gasteiger partial charge in [-0.2, -0.15) is 0 Å². The molecule has 4 nitrogen and oxygen atoms in total. The van der Waals surface area contributed by atoms with Crippen molar-refractivity contribution in [3.05, 3.63) is 29.8 Å². The van der Waals surface area contributed by atoms with Gasteiger partial charge in [0.25, 0.3) is 0 Å². The molecule has 21 heavy (non-hydrogen) atoms. The Balaban J connectivity index is 0.00000220. The van der Waals surface area contributed by atoms with E-state index in [4.69, 9.17) is 4.74 Å². The van der Waals surface area contributed by atoms with Crippen LogP contribution >= 0.6 is 24.0 Å². The number of nitrogens with zero attached hydrogens (tertiary/aromatic N) is 2. The molecule has 0 spiro atoms. The molecule has 1 N–H and O–H groups in total. The number of hydrogen-bond acceptors (Lipinski definition) is 2. The summed E-state index contributed by atoms with van der Waals surface area (Å²) < 4.78 is 5.38. The van der Waals surface area contributed by atoms with E-state index in [-0.39, 0.29) is 24.0 Å². The minimum Gasteiger partial charge on any atom is -0.496 e. The largest absolute Gasteiger partial charge is 0.496 e. The molecule has 0 aliphatic carbocycles. The highest BCUT2D eigenvalue weighted by Gasteiger charge is 2.19. The highest BCUT2D eigenvalue weighted by molar-refractivity contribution is 14.0. The molecule has 1 aliphatic heterocycles. The number of nitrogens with one attached hydrogen (secondary N) is 1. The third-order valence-electron chi connectivity index (χ3n) is 3.80. The summed E-state index contributed by atoms with van der Waals surface area (Å²) >= 11 is 0. The number of methoxy groups -OCH3 is 1. The Morgan fingerprint density at radius 1 is 1.43 bits per heavy atom. The zero-order chi connectivity index (χ0) is 14.4. The van der Waals surface area contributed by atoms with Crippen LogP contribution < -0.4 is 10.1 Å². The smallest absolute Gasteiger partial charge is 0.193 e. The van der Waals surface area contributed by atoms with Crippen molar-refractivity contribution in [2.45, 2.75) is 26.3 Å². The molecule has 1 fully saturated rings. The normalized spacial score (nSPS) is 18.9. The average molecular weight is 403 g/mol. The van der Waals surface area contributed by atoms with Gasteiger partial charge < -0.3 is 15.0 Å². The maximum atomic E-state index is 5.38. The van der Waals surface area contributed by atoms with Crippen LogP contribution in [0.5, 0.6) is 5.75 Å². The van der Waals surface area contributed by atoms with E-state index < -0.39 is 0 Å². The lowest BCUT2D eigenvalue weighted by Crippen LogP contribution is -2.45. The SMILES string of the molecule is CN=C(NCc1ccccc1OC)N1CCCC(C)C1.I. The van der Waals surface area contributed by atoms with E-state index in [0.29, 0.717) is 0 Å². The van der Waals surface area contributed by atoms with Gasteiger partial charge in [-0.25, -0.2) is 0 Å². The Kier molecular flexibility index (Phi) is 7.85. The fraction of sp³-hybridized carbons (Fsp3) is 0.562. The fourth-order valence-electron chi connectivity index (χ4n) is 2.74. The lowest BCUT2D eigenvalue weighted by atomic mass is 10.0. The number of hydrogen-bond donors (Lipinski definition) is 1. The molecule has 1 aromatic rings. The molecule has 5 heteroatoms. The standard InChI is InChI=1S/C16H25N3O.HI/c1-13-7-6-10-19(12-13)16(17-2)18-11-14-8-4-5-9-15(14)20-3;/h4-5,8-9,13H,6-7,10-12H2,1-3H3,(H,17,18);1H. The number of guanidine groups is 1. The summed E-state index contributed by atoms with van der Waals surface area (Å²) in [4.78, 5) is 6.76. The summed E-state index contributed by atoms with van der Waals surface area (Å²) in [6, 6.07) is 8.09. The minimum absolute atomic E-state index is 0. The fourth-order valence-corrected chi connectivity index (χ4v) is 2.74. The third kappa shape index (κ3) is 5.05. The van der Waals surface area contributed by atoms with Crippen LogP contribution in [0, 0.1) is 5.92 Å². The number of benzene rings is 1. The van der Waals surface area contributed by atoms with E-state index in [0.717, 1.165) is 42.8 Å². The second-order valence-corrected chi connectivity index (χ2v) is 5.41. The molecule has 0 amide bonds. The summed E-state index contributed by atoms with van der Waals surface area (Å²) in [5, 5.41) is 3.45. The molecule has 1 aliphatic rings. The lowest BCUT2D eigenvalue weighted by Gasteiger charge is -2.33. The third-order valence-corrected chi connectivity index (χ3v) is 3.80. The van der Waals surface area contributed by atoms with Crippen molar-refractivity contribution in [2.75, 3.05) is 27.2 Å². The monoisotopic (exact) mass is 403 g/mol. The Morgan fingerprint density at radius 3 is 2.86 bits per heavy atom. The number of para-hydroxylation sites is 1. The first-order valence-corrected chi connectivity index (χ1v) is 7.32. The van der Waals surface area contributed by atoms with E-state index in [1.54, 1.807) is 7.11 Å². The summed E-state index contributed by atoms with van der Waals surface area (Å²) in [6.07, 6.45) is 2.57. The topological polar surface area (TPSA) is 36.9 Å². The maximum absolute atomic E-state index is 5.38. The molecule has 0 bridgehead atoms. The first-order valence-electron chi connectivity index (χ1n) is 7.32. The van der Waals surface area contributed by atoms with Crippen molar-refractivity contribution in [3.63, 3.8) is 0 Å². The summed E-state index contributed by atoms with van der Waals surface area (Å²) in [7, 11) is 3.56. The van der Waals surface area contributed by atoms with Gasteiger partial charge >= 0.3 is 0 Å². The number of rotatable bonds is 3. The zero-order valence-electron chi connectivity index (χ0n) is 13.1. The van der Waals surface area contributed by atoms with E-state index in [1.165, 1.54) is 12.8 Å². The van der Waals surface area contributed by atoms with Crippen molar-refractivity contribution >= 4 is 29.9 Å². The lowest BCUT2D eigenvalue weighted by molar-refractivity contribution is 0.266. The van der Waals surface area contributed by atoms with Gasteiger partial charge in [0.15, 0.2) is 5.96 Å². The van der Waals surface area contributed by atoms with Gasteiger partial charge in [-0.05, 0) is 24.8 Å². The quantitative estimate of drug-likeness (QED) is 0.479. The van der Waals surface area contributed by atoms with Crippen LogP contribution in [0.2, 0.25) is 0 Å². The van der Waals surface area contributed by atoms with Crippen LogP contribution in [0.15, 0.2) is 29.3 Å². The van der Waals surface area contributed by atoms with Crippen LogP contribution in [0.4, 0.5) is 0 Å². The number of ether oxygens (including phenoxy) is 1. The van der Waals surface area contributed by atoms with E-state index >= 15 is 0 Å². The number of likely N-dealkylation sites (tertiary alicyclic amines) is 1. The Hall–Kier alpha value is -0.980. The molecule has 0 aromatic heterocycles. The van der Waals surface area contributed by atoms with E-state index in [2.05, 4.69) is 28.2 Å². The number of aliphatic imine (C=N–C) groups is 1. The Labute approximate surface area is 145 Å². The first-order chi connectivity index (χ1) is 9.74. The zero-order valence-corrected chi connectivity index (χ0v) is 15.5. The van der Waals surface area contributed by atoms with Crippen molar-refractivity contribution in [3.8, 4) is 5.75 Å². The molecule has 118 valence electrons. The van der Waals surface area contributed by atoms with E-state index in [9.17, 15) is 0 Å². The summed E-state index contributed by atoms with van der Waals surface area (Å²) in [5.74, 6) is 2.65. The van der Waals surface area contributed by atoms with Gasteiger partial charge in [0.2, 0.25) is 0 Å². The van der Waals surface area contributed by atoms with Gasteiger partial charge in [-0.15, -0.1) is 24.0 Å². The van der Waals surface area contributed by atoms with Gasteiger partial charge in [0.1, 0.15) is 5.75 Å². The van der Waals surface area contributed by atoms with Crippen LogP contribution in [0.1, 0.15) is 25.3 Å². The molecular formula is C16H26IN3O. The van der Waals surface area contributed by atoms with Crippen molar-refractivity contribution < 1.29 is 4.74 Å². The van der Waals surface area contributed by atoms with Gasteiger partial charge in [-0.3, -0.25) is 4.99 Å². The number of piperidine rings is 1. The van der Waals surface area contributed by atoms with Gasteiger partial charge in [-0.1, -0.05) is 25.1 Å². The molecule has 1 atom stereocenters. The second-order valence-electron chi connectivity index (χ2n) is 5.41. The van der Waals surface area contributed by atoms with Crippen molar-refractivity contribution in [1.82, 2.24) is 10.2 Å². The first kappa shape index (κ1) is 18.1. The highest BCUT2D eigenvalue weighted by Crippen LogP contribution is 2.18. The average Bonchev–Trinajstić information content (AvgIpc) is 2.48. The molecule has 1 heterocycles. The van der Waals surface area contributed by atoms with Crippen LogP contribution in [-0.4, -0.2) is 38.1 Å². The Bertz CT molecular complexity index is 465. The highest BCUT2D eigenvalue weighted by atomic mass is 127. The van der Waals surface area contributed by atoms with Gasteiger partial charge in [0, 0.05) is 32.2 Å². The van der Waals surface area contributed by atoms with Crippen molar-refractivity contribution in [1.29, 1.82) is 0 Å². The molecule has 1 unspecified atom stereocenters. The van der Waals surface area contributed by atoms with Crippen LogP contribution in [-0.2, 0) is 6.54 Å². The maximum Gasteiger partial charge on any atom is 0.193 e. The van der Waals surface area contributed by atoms with Gasteiger partial charge in [0.05, 0.1) is 7.11 Å². The van der Waals surface area contributed by atoms with Crippen molar-refractivity contribution in [2.24, 2.45) is 10.9 Å². The number of halogens is 1. The predicted molar refractivity (Wildman–Crippen MR) is 98.6 cm³/mol. The Morgan fingerprint density at radius 2 is 2.19 bits per heavy atom. The molecular weight excluding hydrogens is 377 g/mol. The van der Waals surface area contributed by atoms with Crippen LogP contribution in [0.3, 0.4) is 0 Å². The molecule has 2 rings (SSSR count). The second kappa shape index (κ2) is 9.12. The summed E-state index contributed by atoms with van der Waals surface area (Å²) in [6.45, 7) is 5.22. The van der Waals surface area contributed by atoms with Crippen LogP contribution in [0.25, 0.3) is 0 Å². The summed E-state index contributed by atoms with van der Waals surface area (Å²) in [5.41, 5.74) is 1.15.